The number of fused-ring (bicyclic) bond motifs is 1. The summed E-state index contributed by atoms with van der Waals surface area (Å²) in [6, 6.07) is 9.69. The number of aryl methyl sites for hydroxylation is 1. The van der Waals surface area contributed by atoms with E-state index in [0.29, 0.717) is 16.1 Å². The number of hydrogen-bond donors (Lipinski definition) is 1. The maximum Gasteiger partial charge on any atom is 0.155 e. The van der Waals surface area contributed by atoms with Crippen LogP contribution in [0.4, 0.5) is 5.82 Å². The molecule has 0 aliphatic carbocycles. The number of para-hydroxylation sites is 2. The molecular weight excluding hydrogens is 258 g/mol. The van der Waals surface area contributed by atoms with Crippen LogP contribution in [0.1, 0.15) is 11.3 Å². The monoisotopic (exact) mass is 267 g/mol. The zero-order valence-electron chi connectivity index (χ0n) is 10.1. The molecule has 0 amide bonds. The maximum absolute atomic E-state index is 9.14. The molecule has 19 heavy (non-hydrogen) atoms. The molecule has 2 aromatic heterocycles. The number of nitrogens with zero attached hydrogens (tertiary/aromatic N) is 4. The quantitative estimate of drug-likeness (QED) is 0.731. The van der Waals surface area contributed by atoms with Crippen LogP contribution in [-0.2, 0) is 0 Å². The fourth-order valence-corrected chi connectivity index (χ4v) is 2.68. The van der Waals surface area contributed by atoms with Gasteiger partial charge in [-0.2, -0.15) is 9.64 Å². The van der Waals surface area contributed by atoms with Crippen LogP contribution in [0.15, 0.2) is 24.3 Å². The number of hydrogen-bond acceptors (Lipinski definition) is 6. The van der Waals surface area contributed by atoms with Gasteiger partial charge < -0.3 is 5.73 Å². The van der Waals surface area contributed by atoms with Crippen molar-refractivity contribution in [3.05, 3.63) is 35.5 Å². The van der Waals surface area contributed by atoms with Crippen molar-refractivity contribution in [1.82, 2.24) is 14.3 Å². The van der Waals surface area contributed by atoms with E-state index in [-0.39, 0.29) is 5.82 Å². The average molecular weight is 267 g/mol. The Balaban J connectivity index is 2.31. The summed E-state index contributed by atoms with van der Waals surface area (Å²) in [7, 11) is 0. The summed E-state index contributed by atoms with van der Waals surface area (Å²) in [5, 5.41) is 9.14. The first-order valence-corrected chi connectivity index (χ1v) is 6.37. The van der Waals surface area contributed by atoms with E-state index >= 15 is 0 Å². The van der Waals surface area contributed by atoms with E-state index in [4.69, 9.17) is 11.0 Å². The van der Waals surface area contributed by atoms with Gasteiger partial charge in [-0.05, 0) is 30.6 Å². The van der Waals surface area contributed by atoms with E-state index < -0.39 is 0 Å². The van der Waals surface area contributed by atoms with Crippen LogP contribution in [0.2, 0.25) is 0 Å². The van der Waals surface area contributed by atoms with Gasteiger partial charge in [0.05, 0.1) is 21.6 Å². The first-order chi connectivity index (χ1) is 9.20. The van der Waals surface area contributed by atoms with E-state index in [2.05, 4.69) is 20.4 Å². The Morgan fingerprint density at radius 3 is 2.58 bits per heavy atom. The minimum absolute atomic E-state index is 0.247. The van der Waals surface area contributed by atoms with Crippen LogP contribution in [0, 0.1) is 18.3 Å². The number of nitrogens with two attached hydrogens (primary N) is 1. The van der Waals surface area contributed by atoms with E-state index in [0.717, 1.165) is 16.7 Å². The second kappa shape index (κ2) is 4.30. The van der Waals surface area contributed by atoms with Gasteiger partial charge in [0.2, 0.25) is 0 Å². The highest BCUT2D eigenvalue weighted by Crippen LogP contribution is 2.32. The van der Waals surface area contributed by atoms with Crippen molar-refractivity contribution in [2.24, 2.45) is 0 Å². The Labute approximate surface area is 113 Å². The predicted octanol–water partition coefficient (Wildman–Crippen LogP) is 2.52. The molecule has 2 N–H and O–H groups in total. The average Bonchev–Trinajstić information content (AvgIpc) is 2.78. The Bertz CT molecular complexity index is 816. The second-order valence-corrected chi connectivity index (χ2v) is 4.80. The first kappa shape index (κ1) is 11.6. The zero-order chi connectivity index (χ0) is 13.4. The summed E-state index contributed by atoms with van der Waals surface area (Å²) < 4.78 is 4.01. The van der Waals surface area contributed by atoms with Crippen molar-refractivity contribution in [3.63, 3.8) is 0 Å². The highest BCUT2D eigenvalue weighted by molar-refractivity contribution is 7.10. The summed E-state index contributed by atoms with van der Waals surface area (Å²) in [5.74, 6) is 0.247. The molecule has 0 saturated heterocycles. The van der Waals surface area contributed by atoms with Gasteiger partial charge in [-0.1, -0.05) is 12.1 Å². The van der Waals surface area contributed by atoms with Crippen LogP contribution in [-0.4, -0.2) is 14.3 Å². The van der Waals surface area contributed by atoms with Crippen molar-refractivity contribution in [3.8, 4) is 16.6 Å². The molecule has 0 radical (unpaired) electrons. The molecule has 0 fully saturated rings. The molecule has 0 aliphatic heterocycles. The lowest BCUT2D eigenvalue weighted by Gasteiger charge is -2.04. The lowest BCUT2D eigenvalue weighted by atomic mass is 10.2. The molecule has 6 heteroatoms. The molecule has 0 aliphatic rings. The molecule has 1 aromatic carbocycles. The van der Waals surface area contributed by atoms with Gasteiger partial charge in [-0.15, -0.1) is 0 Å². The molecule has 0 spiro atoms. The highest BCUT2D eigenvalue weighted by atomic mass is 32.1. The number of rotatable bonds is 1. The molecule has 0 saturated carbocycles. The van der Waals surface area contributed by atoms with Gasteiger partial charge in [0.1, 0.15) is 17.3 Å². The number of anilines is 1. The van der Waals surface area contributed by atoms with E-state index in [9.17, 15) is 0 Å². The lowest BCUT2D eigenvalue weighted by Crippen LogP contribution is -1.95. The zero-order valence-corrected chi connectivity index (χ0v) is 10.9. The molecule has 3 aromatic rings. The Kier molecular flexibility index (Phi) is 2.62. The summed E-state index contributed by atoms with van der Waals surface area (Å²) in [6.07, 6.45) is 0. The lowest BCUT2D eigenvalue weighted by molar-refractivity contribution is 1.19. The minimum Gasteiger partial charge on any atom is -0.382 e. The van der Waals surface area contributed by atoms with Gasteiger partial charge in [0, 0.05) is 0 Å². The summed E-state index contributed by atoms with van der Waals surface area (Å²) in [4.78, 5) is 9.75. The molecular formula is C13H9N5S. The fraction of sp³-hybridized carbons (Fsp3) is 0.0769. The molecule has 0 atom stereocenters. The summed E-state index contributed by atoms with van der Waals surface area (Å²) in [5.41, 5.74) is 9.11. The molecule has 3 rings (SSSR count). The topological polar surface area (TPSA) is 88.5 Å². The van der Waals surface area contributed by atoms with E-state index in [1.54, 1.807) is 0 Å². The first-order valence-electron chi connectivity index (χ1n) is 5.59. The number of nitriles is 1. The standard InChI is InChI=1S/C13H9N5S/c1-7-11(12-8(6-14)13(15)18-19-12)17-10-5-3-2-4-9(10)16-7/h2-5H,1H3,(H2,15,18). The van der Waals surface area contributed by atoms with Gasteiger partial charge in [0.15, 0.2) is 5.82 Å². The largest absolute Gasteiger partial charge is 0.382 e. The molecule has 2 heterocycles. The van der Waals surface area contributed by atoms with Crippen molar-refractivity contribution in [2.75, 3.05) is 5.73 Å². The highest BCUT2D eigenvalue weighted by Gasteiger charge is 2.17. The van der Waals surface area contributed by atoms with Crippen molar-refractivity contribution in [2.45, 2.75) is 6.92 Å². The Morgan fingerprint density at radius 2 is 1.89 bits per heavy atom. The van der Waals surface area contributed by atoms with Crippen LogP contribution in [0.3, 0.4) is 0 Å². The Hall–Kier alpha value is -2.52. The SMILES string of the molecule is Cc1nc2ccccc2nc1-c1snc(N)c1C#N. The van der Waals surface area contributed by atoms with Gasteiger partial charge in [-0.25, -0.2) is 9.97 Å². The van der Waals surface area contributed by atoms with Crippen LogP contribution < -0.4 is 5.73 Å². The number of benzene rings is 1. The van der Waals surface area contributed by atoms with Gasteiger partial charge in [0.25, 0.3) is 0 Å². The van der Waals surface area contributed by atoms with Gasteiger partial charge in [-0.3, -0.25) is 0 Å². The molecule has 0 bridgehead atoms. The Morgan fingerprint density at radius 1 is 1.21 bits per heavy atom. The normalized spacial score (nSPS) is 10.5. The maximum atomic E-state index is 9.14. The van der Waals surface area contributed by atoms with E-state index in [1.165, 1.54) is 11.5 Å². The van der Waals surface area contributed by atoms with Gasteiger partial charge >= 0.3 is 0 Å². The molecule has 5 nitrogen and oxygen atoms in total. The van der Waals surface area contributed by atoms with Crippen molar-refractivity contribution >= 4 is 28.4 Å². The molecule has 92 valence electrons. The summed E-state index contributed by atoms with van der Waals surface area (Å²) in [6.45, 7) is 1.87. The van der Waals surface area contributed by atoms with Crippen LogP contribution in [0.25, 0.3) is 21.6 Å². The van der Waals surface area contributed by atoms with E-state index in [1.807, 2.05) is 31.2 Å². The third-order valence-electron chi connectivity index (χ3n) is 2.79. The number of nitrogen functional groups attached to an aromatic ring is 1. The fourth-order valence-electron chi connectivity index (χ4n) is 1.88. The smallest absolute Gasteiger partial charge is 0.155 e. The molecule has 0 unspecified atom stereocenters. The summed E-state index contributed by atoms with van der Waals surface area (Å²) >= 11 is 1.18. The van der Waals surface area contributed by atoms with Crippen LogP contribution in [0.5, 0.6) is 0 Å². The van der Waals surface area contributed by atoms with Crippen LogP contribution >= 0.6 is 11.5 Å². The van der Waals surface area contributed by atoms with Crippen molar-refractivity contribution < 1.29 is 0 Å². The third kappa shape index (κ3) is 1.80. The second-order valence-electron chi connectivity index (χ2n) is 4.03. The van der Waals surface area contributed by atoms with Crippen molar-refractivity contribution in [1.29, 1.82) is 5.26 Å². The number of aromatic nitrogens is 3. The third-order valence-corrected chi connectivity index (χ3v) is 3.66. The minimum atomic E-state index is 0.247. The predicted molar refractivity (Wildman–Crippen MR) is 74.5 cm³/mol.